The summed E-state index contributed by atoms with van der Waals surface area (Å²) < 4.78 is 11.2. The summed E-state index contributed by atoms with van der Waals surface area (Å²) in [7, 11) is 0. The quantitative estimate of drug-likeness (QED) is 0.288. The molecule has 11 nitrogen and oxygen atoms in total. The first-order chi connectivity index (χ1) is 13.2. The van der Waals surface area contributed by atoms with Crippen LogP contribution in [0.15, 0.2) is 17.6 Å². The Morgan fingerprint density at radius 1 is 1.50 bits per heavy atom. The molecule has 0 radical (unpaired) electrons. The molecule has 0 spiro atoms. The summed E-state index contributed by atoms with van der Waals surface area (Å²) in [6.45, 7) is 3.98. The minimum atomic E-state index is -2.50. The molecule has 0 saturated carbocycles. The van der Waals surface area contributed by atoms with Gasteiger partial charge in [0.2, 0.25) is 0 Å². The minimum absolute atomic E-state index is 0.103. The number of ketones is 1. The van der Waals surface area contributed by atoms with Crippen LogP contribution in [0.4, 0.5) is 5.82 Å². The van der Waals surface area contributed by atoms with Gasteiger partial charge in [0, 0.05) is 18.2 Å². The van der Waals surface area contributed by atoms with E-state index in [-0.39, 0.29) is 36.6 Å². The summed E-state index contributed by atoms with van der Waals surface area (Å²) in [4.78, 5) is 39.8. The number of aromatic nitrogens is 2. The number of esters is 1. The van der Waals surface area contributed by atoms with Gasteiger partial charge >= 0.3 is 11.7 Å². The highest BCUT2D eigenvalue weighted by atomic mass is 16.6. The van der Waals surface area contributed by atoms with E-state index >= 15 is 0 Å². The van der Waals surface area contributed by atoms with E-state index in [1.807, 2.05) is 0 Å². The van der Waals surface area contributed by atoms with Crippen molar-refractivity contribution in [3.8, 4) is 0 Å². The van der Waals surface area contributed by atoms with Gasteiger partial charge in [-0.2, -0.15) is 4.98 Å². The van der Waals surface area contributed by atoms with E-state index in [4.69, 9.17) is 15.2 Å². The molecule has 154 valence electrons. The third-order valence-corrected chi connectivity index (χ3v) is 4.38. The Morgan fingerprint density at radius 2 is 2.18 bits per heavy atom. The normalized spacial score (nSPS) is 26.8. The number of nitrogen functional groups attached to an aromatic ring is 1. The van der Waals surface area contributed by atoms with Crippen LogP contribution in [0, 0.1) is 0 Å². The predicted molar refractivity (Wildman–Crippen MR) is 95.8 cm³/mol. The number of Topliss-reactive ketones (excluding diaryl/α,β-unsaturated/α-hetero) is 1. The molecule has 1 aliphatic heterocycles. The number of carbonyl (C=O) groups is 2. The Balaban J connectivity index is 2.50. The van der Waals surface area contributed by atoms with E-state index < -0.39 is 42.3 Å². The van der Waals surface area contributed by atoms with Gasteiger partial charge in [0.15, 0.2) is 0 Å². The molecule has 0 aliphatic carbocycles. The number of anilines is 1. The first kappa shape index (κ1) is 21.7. The van der Waals surface area contributed by atoms with Crippen LogP contribution in [0.2, 0.25) is 0 Å². The molecule has 1 aromatic rings. The lowest BCUT2D eigenvalue weighted by molar-refractivity contribution is -0.202. The van der Waals surface area contributed by atoms with Crippen molar-refractivity contribution in [2.45, 2.75) is 43.8 Å². The lowest BCUT2D eigenvalue weighted by atomic mass is 10.0. The number of hydrogen-bond acceptors (Lipinski definition) is 10. The van der Waals surface area contributed by atoms with Crippen LogP contribution in [0.1, 0.15) is 25.3 Å². The number of nitrogens with two attached hydrogens (primary N) is 1. The van der Waals surface area contributed by atoms with E-state index in [2.05, 4.69) is 11.6 Å². The molecular formula is C17H23N3O8. The highest BCUT2D eigenvalue weighted by molar-refractivity contribution is 5.79. The summed E-state index contributed by atoms with van der Waals surface area (Å²) in [6.07, 6.45) is -2.27. The van der Waals surface area contributed by atoms with Crippen molar-refractivity contribution >= 4 is 23.6 Å². The Labute approximate surface area is 160 Å². The Kier molecular flexibility index (Phi) is 6.67. The molecule has 0 amide bonds. The van der Waals surface area contributed by atoms with Gasteiger partial charge in [-0.15, -0.1) is 0 Å². The average Bonchev–Trinajstić information content (AvgIpc) is 2.91. The van der Waals surface area contributed by atoms with E-state index in [0.717, 1.165) is 6.20 Å². The highest BCUT2D eigenvalue weighted by Gasteiger charge is 2.62. The molecule has 1 saturated heterocycles. The van der Waals surface area contributed by atoms with Gasteiger partial charge in [0.05, 0.1) is 13.2 Å². The van der Waals surface area contributed by atoms with Crippen LogP contribution in [0.25, 0.3) is 6.08 Å². The van der Waals surface area contributed by atoms with E-state index in [1.165, 1.54) is 13.0 Å². The maximum atomic E-state index is 12.8. The van der Waals surface area contributed by atoms with Crippen molar-refractivity contribution < 1.29 is 34.4 Å². The van der Waals surface area contributed by atoms with Crippen LogP contribution in [-0.4, -0.2) is 68.1 Å². The van der Waals surface area contributed by atoms with Gasteiger partial charge in [0.1, 0.15) is 29.9 Å². The molecular weight excluding hydrogens is 374 g/mol. The van der Waals surface area contributed by atoms with Gasteiger partial charge < -0.3 is 35.3 Å². The number of aliphatic hydroxyl groups is 3. The van der Waals surface area contributed by atoms with Crippen molar-refractivity contribution in [1.29, 1.82) is 0 Å². The van der Waals surface area contributed by atoms with E-state index in [0.29, 0.717) is 4.57 Å². The first-order valence-corrected chi connectivity index (χ1v) is 8.52. The van der Waals surface area contributed by atoms with Gasteiger partial charge in [-0.05, 0) is 13.3 Å². The molecule has 28 heavy (non-hydrogen) atoms. The van der Waals surface area contributed by atoms with Crippen molar-refractivity contribution in [2.75, 3.05) is 18.9 Å². The zero-order valence-electron chi connectivity index (χ0n) is 15.3. The zero-order valence-corrected chi connectivity index (χ0v) is 15.3. The molecule has 0 aromatic carbocycles. The van der Waals surface area contributed by atoms with Crippen LogP contribution in [0.5, 0.6) is 0 Å². The summed E-state index contributed by atoms with van der Waals surface area (Å²) >= 11 is 0. The second kappa shape index (κ2) is 8.61. The van der Waals surface area contributed by atoms with E-state index in [1.54, 1.807) is 0 Å². The van der Waals surface area contributed by atoms with Gasteiger partial charge in [-0.3, -0.25) is 4.57 Å². The molecule has 1 aromatic heterocycles. The smallest absolute Gasteiger partial charge is 0.363 e. The fourth-order valence-corrected chi connectivity index (χ4v) is 2.88. The molecule has 0 unspecified atom stereocenters. The van der Waals surface area contributed by atoms with Crippen LogP contribution < -0.4 is 11.4 Å². The second-order valence-corrected chi connectivity index (χ2v) is 6.35. The standard InChI is InChI=1S/C17H23N3O8/c1-3-10-7-20(16(26)19-14(10)18)17(13(24)12(23)11(8-21)28-17)15(25)27-6-4-5-9(2)22/h3,7,11-13,21,23-24H,1,4-6,8H2,2H3,(H2,18,19,26)/t11-,12-,13-,17+/m1/s1. The third kappa shape index (κ3) is 3.83. The third-order valence-electron chi connectivity index (χ3n) is 4.38. The number of carbonyl (C=O) groups excluding carboxylic acids is 2. The van der Waals surface area contributed by atoms with Crippen molar-refractivity contribution in [3.63, 3.8) is 0 Å². The fraction of sp³-hybridized carbons (Fsp3) is 0.529. The topological polar surface area (TPSA) is 174 Å². The lowest BCUT2D eigenvalue weighted by Crippen LogP contribution is -2.56. The van der Waals surface area contributed by atoms with Crippen LogP contribution >= 0.6 is 0 Å². The summed E-state index contributed by atoms with van der Waals surface area (Å²) in [5.74, 6) is -1.46. The molecule has 0 bridgehead atoms. The number of aliphatic hydroxyl groups excluding tert-OH is 3. The summed E-state index contributed by atoms with van der Waals surface area (Å²) in [5.41, 5.74) is 2.24. The van der Waals surface area contributed by atoms with Crippen molar-refractivity contribution in [3.05, 3.63) is 28.8 Å². The fourth-order valence-electron chi connectivity index (χ4n) is 2.88. The molecule has 1 fully saturated rings. The van der Waals surface area contributed by atoms with Gasteiger partial charge in [-0.1, -0.05) is 12.7 Å². The number of nitrogens with zero attached hydrogens (tertiary/aromatic N) is 2. The zero-order chi connectivity index (χ0) is 21.1. The predicted octanol–water partition coefficient (Wildman–Crippen LogP) is -1.85. The van der Waals surface area contributed by atoms with Crippen molar-refractivity contribution in [1.82, 2.24) is 9.55 Å². The van der Waals surface area contributed by atoms with Crippen LogP contribution in [-0.2, 0) is 24.8 Å². The second-order valence-electron chi connectivity index (χ2n) is 6.35. The maximum Gasteiger partial charge on any atom is 0.363 e. The number of ether oxygens (including phenoxy) is 2. The molecule has 4 atom stereocenters. The van der Waals surface area contributed by atoms with Gasteiger partial charge in [-0.25, -0.2) is 9.59 Å². The maximum absolute atomic E-state index is 12.8. The monoisotopic (exact) mass is 397 g/mol. The molecule has 5 N–H and O–H groups in total. The molecule has 2 rings (SSSR count). The Bertz CT molecular complexity index is 823. The molecule has 2 heterocycles. The molecule has 11 heteroatoms. The Morgan fingerprint density at radius 3 is 2.71 bits per heavy atom. The average molecular weight is 397 g/mol. The van der Waals surface area contributed by atoms with Crippen molar-refractivity contribution in [2.24, 2.45) is 0 Å². The van der Waals surface area contributed by atoms with Gasteiger partial charge in [0.25, 0.3) is 5.72 Å². The van der Waals surface area contributed by atoms with E-state index in [9.17, 15) is 29.7 Å². The SMILES string of the molecule is C=Cc1cn([C@]2(C(=O)OCCCC(C)=O)O[C@H](CO)[C@@H](O)[C@H]2O)c(=O)nc1N. The number of rotatable bonds is 8. The highest BCUT2D eigenvalue weighted by Crippen LogP contribution is 2.36. The largest absolute Gasteiger partial charge is 0.462 e. The lowest BCUT2D eigenvalue weighted by Gasteiger charge is -2.31. The van der Waals surface area contributed by atoms with Crippen LogP contribution in [0.3, 0.4) is 0 Å². The Hall–Kier alpha value is -2.60. The first-order valence-electron chi connectivity index (χ1n) is 8.52. The summed E-state index contributed by atoms with van der Waals surface area (Å²) in [6, 6.07) is 0. The summed E-state index contributed by atoms with van der Waals surface area (Å²) in [5, 5.41) is 30.1. The molecule has 1 aliphatic rings. The number of hydrogen-bond donors (Lipinski definition) is 4. The minimum Gasteiger partial charge on any atom is -0.462 e.